The van der Waals surface area contributed by atoms with Gasteiger partial charge in [-0.25, -0.2) is 0 Å². The Bertz CT molecular complexity index is 725. The average Bonchev–Trinajstić information content (AvgIpc) is 3.16. The van der Waals surface area contributed by atoms with Gasteiger partial charge in [-0.1, -0.05) is 264 Å². The first-order valence-electron chi connectivity index (χ1n) is 24.4. The van der Waals surface area contributed by atoms with E-state index in [9.17, 15) is 15.0 Å². The largest absolute Gasteiger partial charge is 0.394 e. The third kappa shape index (κ3) is 42.1. The Labute approximate surface area is 333 Å². The monoisotopic (exact) mass is 748 g/mol. The van der Waals surface area contributed by atoms with Gasteiger partial charge in [0.15, 0.2) is 0 Å². The van der Waals surface area contributed by atoms with Crippen LogP contribution in [0, 0.1) is 0 Å². The van der Waals surface area contributed by atoms with Gasteiger partial charge in [0.25, 0.3) is 0 Å². The minimum atomic E-state index is -0.833. The first-order chi connectivity index (χ1) is 26.2. The zero-order chi connectivity index (χ0) is 38.6. The fourth-order valence-corrected chi connectivity index (χ4v) is 7.77. The van der Waals surface area contributed by atoms with E-state index in [4.69, 9.17) is 0 Å². The van der Waals surface area contributed by atoms with Crippen LogP contribution in [0.25, 0.3) is 0 Å². The van der Waals surface area contributed by atoms with Crippen LogP contribution < -0.4 is 5.32 Å². The molecule has 4 heteroatoms. The number of unbranched alkanes of at least 4 members (excludes halogenated alkanes) is 38. The van der Waals surface area contributed by atoms with Crippen LogP contribution in [0.3, 0.4) is 0 Å². The molecule has 0 aliphatic rings. The molecule has 0 heterocycles. The molecule has 0 spiro atoms. The van der Waals surface area contributed by atoms with Crippen LogP contribution in [0.2, 0.25) is 0 Å². The van der Waals surface area contributed by atoms with Gasteiger partial charge in [0.2, 0.25) is 5.91 Å². The summed E-state index contributed by atoms with van der Waals surface area (Å²) in [6.45, 7) is 4.33. The maximum atomic E-state index is 12.4. The first kappa shape index (κ1) is 52.1. The second kappa shape index (κ2) is 45.5. The summed E-state index contributed by atoms with van der Waals surface area (Å²) in [5, 5.41) is 23.0. The van der Waals surface area contributed by atoms with Crippen LogP contribution in [0.15, 0.2) is 12.2 Å². The van der Waals surface area contributed by atoms with Gasteiger partial charge < -0.3 is 15.5 Å². The van der Waals surface area contributed by atoms with E-state index in [0.29, 0.717) is 6.42 Å². The van der Waals surface area contributed by atoms with E-state index < -0.39 is 12.1 Å². The lowest BCUT2D eigenvalue weighted by atomic mass is 10.0. The summed E-state index contributed by atoms with van der Waals surface area (Å²) >= 11 is 0. The van der Waals surface area contributed by atoms with Crippen molar-refractivity contribution >= 4 is 5.91 Å². The third-order valence-corrected chi connectivity index (χ3v) is 11.5. The highest BCUT2D eigenvalue weighted by atomic mass is 16.3. The second-order valence-electron chi connectivity index (χ2n) is 16.9. The fraction of sp³-hybridized carbons (Fsp3) is 0.939. The highest BCUT2D eigenvalue weighted by Gasteiger charge is 2.18. The lowest BCUT2D eigenvalue weighted by Crippen LogP contribution is -2.45. The maximum absolute atomic E-state index is 12.4. The molecular formula is C49H97NO3. The molecule has 0 aliphatic carbocycles. The topological polar surface area (TPSA) is 69.6 Å². The number of aliphatic hydroxyl groups is 2. The average molecular weight is 748 g/mol. The fourth-order valence-electron chi connectivity index (χ4n) is 7.77. The number of carbonyl (C=O) groups excluding carboxylic acids is 1. The van der Waals surface area contributed by atoms with Gasteiger partial charge in [-0.2, -0.15) is 0 Å². The predicted molar refractivity (Wildman–Crippen MR) is 235 cm³/mol. The van der Waals surface area contributed by atoms with E-state index in [1.807, 2.05) is 6.08 Å². The van der Waals surface area contributed by atoms with Gasteiger partial charge in [-0.3, -0.25) is 4.79 Å². The normalized spacial score (nSPS) is 12.9. The van der Waals surface area contributed by atoms with Gasteiger partial charge in [0.05, 0.1) is 18.8 Å². The Morgan fingerprint density at radius 3 is 0.981 bits per heavy atom. The van der Waals surface area contributed by atoms with Crippen LogP contribution in [-0.4, -0.2) is 34.9 Å². The molecule has 0 aromatic carbocycles. The summed E-state index contributed by atoms with van der Waals surface area (Å²) in [7, 11) is 0. The number of carbonyl (C=O) groups is 1. The second-order valence-corrected chi connectivity index (χ2v) is 16.9. The standard InChI is InChI=1S/C49H97NO3/c1-3-5-7-9-11-13-15-17-19-20-21-22-23-24-25-26-27-28-29-30-31-33-35-37-39-41-43-45-49(53)50-47(46-51)48(52)44-42-40-38-36-34-32-18-16-14-12-10-8-6-4-2/h42,44,47-48,51-52H,3-41,43,45-46H2,1-2H3,(H,50,53)/b44-42+. The van der Waals surface area contributed by atoms with E-state index in [1.165, 1.54) is 231 Å². The molecule has 0 bridgehead atoms. The molecule has 53 heavy (non-hydrogen) atoms. The molecule has 1 amide bonds. The van der Waals surface area contributed by atoms with Gasteiger partial charge >= 0.3 is 0 Å². The van der Waals surface area contributed by atoms with Crippen molar-refractivity contribution in [3.8, 4) is 0 Å². The minimum Gasteiger partial charge on any atom is -0.394 e. The van der Waals surface area contributed by atoms with Crippen molar-refractivity contribution in [2.45, 2.75) is 289 Å². The first-order valence-corrected chi connectivity index (χ1v) is 24.4. The number of allylic oxidation sites excluding steroid dienone is 1. The van der Waals surface area contributed by atoms with Crippen molar-refractivity contribution < 1.29 is 15.0 Å². The molecule has 0 saturated heterocycles. The summed E-state index contributed by atoms with van der Waals surface area (Å²) in [4.78, 5) is 12.4. The van der Waals surface area contributed by atoms with Crippen molar-refractivity contribution in [3.63, 3.8) is 0 Å². The molecule has 0 rings (SSSR count). The van der Waals surface area contributed by atoms with E-state index in [1.54, 1.807) is 6.08 Å². The molecule has 3 N–H and O–H groups in total. The van der Waals surface area contributed by atoms with E-state index in [0.717, 1.165) is 25.7 Å². The summed E-state index contributed by atoms with van der Waals surface area (Å²) < 4.78 is 0. The molecule has 0 fully saturated rings. The van der Waals surface area contributed by atoms with Gasteiger partial charge in [-0.05, 0) is 19.3 Å². The smallest absolute Gasteiger partial charge is 0.220 e. The summed E-state index contributed by atoms with van der Waals surface area (Å²) in [5.41, 5.74) is 0. The number of hydrogen-bond donors (Lipinski definition) is 3. The van der Waals surface area contributed by atoms with Crippen LogP contribution in [0.4, 0.5) is 0 Å². The Morgan fingerprint density at radius 2 is 0.698 bits per heavy atom. The number of rotatable bonds is 45. The van der Waals surface area contributed by atoms with Crippen molar-refractivity contribution in [3.05, 3.63) is 12.2 Å². The van der Waals surface area contributed by atoms with Crippen LogP contribution >= 0.6 is 0 Å². The van der Waals surface area contributed by atoms with Gasteiger partial charge in [0, 0.05) is 6.42 Å². The highest BCUT2D eigenvalue weighted by Crippen LogP contribution is 2.17. The Hall–Kier alpha value is -0.870. The molecular weight excluding hydrogens is 651 g/mol. The third-order valence-electron chi connectivity index (χ3n) is 11.5. The molecule has 0 aliphatic heterocycles. The Morgan fingerprint density at radius 1 is 0.434 bits per heavy atom. The van der Waals surface area contributed by atoms with Crippen LogP contribution in [0.5, 0.6) is 0 Å². The maximum Gasteiger partial charge on any atom is 0.220 e. The van der Waals surface area contributed by atoms with Crippen molar-refractivity contribution in [2.75, 3.05) is 6.61 Å². The minimum absolute atomic E-state index is 0.0583. The predicted octanol–water partition coefficient (Wildman–Crippen LogP) is 15.4. The quantitative estimate of drug-likeness (QED) is 0.0429. The Balaban J connectivity index is 3.44. The molecule has 0 aromatic heterocycles. The zero-order valence-electron chi connectivity index (χ0n) is 36.3. The van der Waals surface area contributed by atoms with E-state index >= 15 is 0 Å². The lowest BCUT2D eigenvalue weighted by molar-refractivity contribution is -0.123. The number of amides is 1. The molecule has 2 unspecified atom stereocenters. The van der Waals surface area contributed by atoms with Crippen LogP contribution in [-0.2, 0) is 4.79 Å². The van der Waals surface area contributed by atoms with Crippen LogP contribution in [0.1, 0.15) is 277 Å². The molecule has 0 radical (unpaired) electrons. The molecule has 0 aromatic rings. The highest BCUT2D eigenvalue weighted by molar-refractivity contribution is 5.76. The lowest BCUT2D eigenvalue weighted by Gasteiger charge is -2.20. The van der Waals surface area contributed by atoms with Crippen molar-refractivity contribution in [2.24, 2.45) is 0 Å². The SMILES string of the molecule is CCCCCCCCCCCCCC/C=C/C(O)C(CO)NC(=O)CCCCCCCCCCCCCCCCCCCCCCCCCCCCC. The summed E-state index contributed by atoms with van der Waals surface area (Å²) in [6, 6.07) is -0.616. The van der Waals surface area contributed by atoms with Crippen molar-refractivity contribution in [1.29, 1.82) is 0 Å². The summed E-state index contributed by atoms with van der Waals surface area (Å²) in [5.74, 6) is -0.0583. The van der Waals surface area contributed by atoms with Gasteiger partial charge in [-0.15, -0.1) is 0 Å². The number of nitrogens with one attached hydrogen (secondary N) is 1. The molecule has 2 atom stereocenters. The Kier molecular flexibility index (Phi) is 44.8. The van der Waals surface area contributed by atoms with Gasteiger partial charge in [0.1, 0.15) is 0 Å². The van der Waals surface area contributed by atoms with E-state index in [-0.39, 0.29) is 12.5 Å². The van der Waals surface area contributed by atoms with Crippen molar-refractivity contribution in [1.82, 2.24) is 5.32 Å². The molecule has 316 valence electrons. The summed E-state index contributed by atoms with van der Waals surface area (Å²) in [6.07, 6.45) is 57.7. The number of aliphatic hydroxyl groups excluding tert-OH is 2. The van der Waals surface area contributed by atoms with E-state index in [2.05, 4.69) is 19.2 Å². The molecule has 0 saturated carbocycles. The number of hydrogen-bond acceptors (Lipinski definition) is 3. The zero-order valence-corrected chi connectivity index (χ0v) is 36.3. The molecule has 4 nitrogen and oxygen atoms in total.